The highest BCUT2D eigenvalue weighted by molar-refractivity contribution is 6.30. The maximum atomic E-state index is 12.0. The van der Waals surface area contributed by atoms with E-state index in [1.165, 1.54) is 19.2 Å². The number of pyridine rings is 1. The van der Waals surface area contributed by atoms with Crippen molar-refractivity contribution in [3.63, 3.8) is 0 Å². The third kappa shape index (κ3) is 5.93. The summed E-state index contributed by atoms with van der Waals surface area (Å²) in [4.78, 5) is 27.7. The molecule has 7 heteroatoms. The number of nitrogens with one attached hydrogen (secondary N) is 1. The van der Waals surface area contributed by atoms with E-state index in [1.54, 1.807) is 49.6 Å². The van der Waals surface area contributed by atoms with Gasteiger partial charge >= 0.3 is 5.97 Å². The van der Waals surface area contributed by atoms with E-state index in [2.05, 4.69) is 10.3 Å². The number of benzene rings is 1. The van der Waals surface area contributed by atoms with Crippen molar-refractivity contribution in [3.8, 4) is 5.75 Å². The van der Waals surface area contributed by atoms with Gasteiger partial charge in [-0.25, -0.2) is 9.78 Å². The second-order valence-corrected chi connectivity index (χ2v) is 5.47. The van der Waals surface area contributed by atoms with Gasteiger partial charge in [-0.3, -0.25) is 4.79 Å². The first kappa shape index (κ1) is 18.5. The van der Waals surface area contributed by atoms with Gasteiger partial charge in [0.2, 0.25) is 0 Å². The summed E-state index contributed by atoms with van der Waals surface area (Å²) in [5, 5.41) is 3.00. The van der Waals surface area contributed by atoms with Gasteiger partial charge in [0.15, 0.2) is 6.10 Å². The molecule has 0 fully saturated rings. The van der Waals surface area contributed by atoms with Crippen LogP contribution < -0.4 is 10.1 Å². The van der Waals surface area contributed by atoms with E-state index in [4.69, 9.17) is 21.1 Å². The molecule has 1 N–H and O–H groups in total. The molecular weight excluding hydrogens is 344 g/mol. The van der Waals surface area contributed by atoms with Crippen LogP contribution in [-0.2, 0) is 14.3 Å². The molecule has 2 aromatic rings. The Bertz CT molecular complexity index is 758. The molecule has 2 rings (SSSR count). The molecule has 1 aromatic heterocycles. The zero-order chi connectivity index (χ0) is 18.2. The molecule has 0 spiro atoms. The monoisotopic (exact) mass is 360 g/mol. The van der Waals surface area contributed by atoms with Crippen LogP contribution in [0.3, 0.4) is 0 Å². The summed E-state index contributed by atoms with van der Waals surface area (Å²) in [5.74, 6) is -0.0598. The van der Waals surface area contributed by atoms with E-state index in [-0.39, 0.29) is 0 Å². The highest BCUT2D eigenvalue weighted by Gasteiger charge is 2.17. The Labute approximate surface area is 150 Å². The third-order valence-corrected chi connectivity index (χ3v) is 3.39. The van der Waals surface area contributed by atoms with Crippen molar-refractivity contribution in [1.82, 2.24) is 4.98 Å². The van der Waals surface area contributed by atoms with Crippen LogP contribution in [-0.4, -0.2) is 30.1 Å². The molecule has 1 aromatic carbocycles. The fourth-order valence-corrected chi connectivity index (χ4v) is 1.94. The molecule has 1 amide bonds. The van der Waals surface area contributed by atoms with Crippen molar-refractivity contribution in [2.45, 2.75) is 13.0 Å². The summed E-state index contributed by atoms with van der Waals surface area (Å²) >= 11 is 5.72. The van der Waals surface area contributed by atoms with Crippen LogP contribution in [0.25, 0.3) is 6.08 Å². The topological polar surface area (TPSA) is 77.5 Å². The maximum absolute atomic E-state index is 12.0. The number of amides is 1. The van der Waals surface area contributed by atoms with Crippen molar-refractivity contribution in [2.75, 3.05) is 12.4 Å². The molecule has 130 valence electrons. The number of carbonyl (C=O) groups excluding carboxylic acids is 2. The minimum atomic E-state index is -0.967. The van der Waals surface area contributed by atoms with Crippen molar-refractivity contribution in [1.29, 1.82) is 0 Å². The number of nitrogens with zero attached hydrogens (tertiary/aromatic N) is 1. The number of ether oxygens (including phenoxy) is 2. The summed E-state index contributed by atoms with van der Waals surface area (Å²) in [5.41, 5.74) is 0.806. The molecule has 6 nitrogen and oxygen atoms in total. The molecule has 0 aliphatic carbocycles. The normalized spacial score (nSPS) is 11.8. The molecule has 1 heterocycles. The van der Waals surface area contributed by atoms with Gasteiger partial charge in [-0.1, -0.05) is 23.7 Å². The number of hydrogen-bond acceptors (Lipinski definition) is 5. The Kier molecular flexibility index (Phi) is 6.54. The zero-order valence-corrected chi connectivity index (χ0v) is 14.5. The van der Waals surface area contributed by atoms with Crippen molar-refractivity contribution < 1.29 is 19.1 Å². The SMILES string of the molecule is COc1ccc(/C=C/C(=O)O[C@H](C)C(=O)Nc2ccc(Cl)cn2)cc1. The van der Waals surface area contributed by atoms with Gasteiger partial charge < -0.3 is 14.8 Å². The number of aromatic nitrogens is 1. The lowest BCUT2D eigenvalue weighted by molar-refractivity contribution is -0.148. The predicted molar refractivity (Wildman–Crippen MR) is 95.5 cm³/mol. The lowest BCUT2D eigenvalue weighted by atomic mass is 10.2. The van der Waals surface area contributed by atoms with Crippen molar-refractivity contribution in [3.05, 3.63) is 59.3 Å². The Morgan fingerprint density at radius 1 is 1.20 bits per heavy atom. The number of rotatable bonds is 6. The van der Waals surface area contributed by atoms with Crippen LogP contribution >= 0.6 is 11.6 Å². The highest BCUT2D eigenvalue weighted by atomic mass is 35.5. The second-order valence-electron chi connectivity index (χ2n) is 5.04. The van der Waals surface area contributed by atoms with Crippen LogP contribution in [0.2, 0.25) is 5.02 Å². The van der Waals surface area contributed by atoms with Gasteiger partial charge in [-0.15, -0.1) is 0 Å². The molecule has 0 unspecified atom stereocenters. The Morgan fingerprint density at radius 3 is 2.52 bits per heavy atom. The minimum absolute atomic E-state index is 0.325. The molecule has 0 saturated carbocycles. The van der Waals surface area contributed by atoms with Crippen molar-refractivity contribution >= 4 is 35.4 Å². The predicted octanol–water partition coefficient (Wildman–Crippen LogP) is 3.33. The number of carbonyl (C=O) groups is 2. The maximum Gasteiger partial charge on any atom is 0.331 e. The van der Waals surface area contributed by atoms with Gasteiger partial charge in [0, 0.05) is 12.3 Å². The fourth-order valence-electron chi connectivity index (χ4n) is 1.82. The van der Waals surface area contributed by atoms with Gasteiger partial charge in [-0.2, -0.15) is 0 Å². The van der Waals surface area contributed by atoms with E-state index in [1.807, 2.05) is 0 Å². The summed E-state index contributed by atoms with van der Waals surface area (Å²) in [6.07, 6.45) is 3.29. The van der Waals surface area contributed by atoms with Crippen LogP contribution in [0, 0.1) is 0 Å². The average Bonchev–Trinajstić information content (AvgIpc) is 2.62. The molecular formula is C18H17ClN2O4. The molecule has 0 aliphatic rings. The van der Waals surface area contributed by atoms with E-state index < -0.39 is 18.0 Å². The largest absolute Gasteiger partial charge is 0.497 e. The zero-order valence-electron chi connectivity index (χ0n) is 13.7. The Balaban J connectivity index is 1.86. The van der Waals surface area contributed by atoms with E-state index in [9.17, 15) is 9.59 Å². The van der Waals surface area contributed by atoms with E-state index >= 15 is 0 Å². The van der Waals surface area contributed by atoms with Crippen molar-refractivity contribution in [2.24, 2.45) is 0 Å². The molecule has 25 heavy (non-hydrogen) atoms. The number of anilines is 1. The number of halogens is 1. The second kappa shape index (κ2) is 8.84. The third-order valence-electron chi connectivity index (χ3n) is 3.17. The first-order valence-corrected chi connectivity index (χ1v) is 7.81. The van der Waals surface area contributed by atoms with Crippen LogP contribution in [0.1, 0.15) is 12.5 Å². The van der Waals surface area contributed by atoms with E-state index in [0.717, 1.165) is 11.3 Å². The summed E-state index contributed by atoms with van der Waals surface area (Å²) < 4.78 is 10.1. The Morgan fingerprint density at radius 2 is 1.92 bits per heavy atom. The van der Waals surface area contributed by atoms with Gasteiger partial charge in [0.25, 0.3) is 5.91 Å². The smallest absolute Gasteiger partial charge is 0.331 e. The van der Waals surface area contributed by atoms with E-state index in [0.29, 0.717) is 10.8 Å². The number of esters is 1. The molecule has 1 atom stereocenters. The lowest BCUT2D eigenvalue weighted by Crippen LogP contribution is -2.29. The average molecular weight is 361 g/mol. The van der Waals surface area contributed by atoms with Gasteiger partial charge in [0.1, 0.15) is 11.6 Å². The molecule has 0 bridgehead atoms. The molecule has 0 saturated heterocycles. The first-order chi connectivity index (χ1) is 12.0. The van der Waals surface area contributed by atoms with Crippen LogP contribution in [0.4, 0.5) is 5.82 Å². The Hall–Kier alpha value is -2.86. The number of methoxy groups -OCH3 is 1. The van der Waals surface area contributed by atoms with Crippen LogP contribution in [0.15, 0.2) is 48.7 Å². The van der Waals surface area contributed by atoms with Gasteiger partial charge in [-0.05, 0) is 42.8 Å². The van der Waals surface area contributed by atoms with Gasteiger partial charge in [0.05, 0.1) is 12.1 Å². The van der Waals surface area contributed by atoms with Crippen LogP contribution in [0.5, 0.6) is 5.75 Å². The lowest BCUT2D eigenvalue weighted by Gasteiger charge is -2.11. The first-order valence-electron chi connectivity index (χ1n) is 7.43. The standard InChI is InChI=1S/C18H17ClN2O4/c1-12(18(23)21-16-9-6-14(19)11-20-16)25-17(22)10-5-13-3-7-15(24-2)8-4-13/h3-12H,1-2H3,(H,20,21,23)/b10-5+/t12-/m1/s1. The molecule has 0 radical (unpaired) electrons. The molecule has 0 aliphatic heterocycles. The highest BCUT2D eigenvalue weighted by Crippen LogP contribution is 2.13. The summed E-state index contributed by atoms with van der Waals surface area (Å²) in [7, 11) is 1.58. The fraction of sp³-hybridized carbons (Fsp3) is 0.167. The minimum Gasteiger partial charge on any atom is -0.497 e. The quantitative estimate of drug-likeness (QED) is 0.631. The summed E-state index contributed by atoms with van der Waals surface area (Å²) in [6.45, 7) is 1.48. The number of hydrogen-bond donors (Lipinski definition) is 1. The summed E-state index contributed by atoms with van der Waals surface area (Å²) in [6, 6.07) is 10.3.